The number of alkyl halides is 2. The summed E-state index contributed by atoms with van der Waals surface area (Å²) in [6.45, 7) is 2.29. The summed E-state index contributed by atoms with van der Waals surface area (Å²) < 4.78 is 52.7. The van der Waals surface area contributed by atoms with Gasteiger partial charge in [-0.15, -0.1) is 0 Å². The van der Waals surface area contributed by atoms with Gasteiger partial charge in [0.15, 0.2) is 0 Å². The summed E-state index contributed by atoms with van der Waals surface area (Å²) in [5, 5.41) is 6.56. The van der Waals surface area contributed by atoms with Crippen LogP contribution in [0.1, 0.15) is 5.56 Å². The summed E-state index contributed by atoms with van der Waals surface area (Å²) >= 11 is 0. The van der Waals surface area contributed by atoms with Crippen molar-refractivity contribution in [2.24, 2.45) is 0 Å². The molecular weight excluding hydrogens is 475 g/mol. The first-order valence-electron chi connectivity index (χ1n) is 11.5. The monoisotopic (exact) mass is 499 g/mol. The predicted octanol–water partition coefficient (Wildman–Crippen LogP) is 3.98. The fourth-order valence-electron chi connectivity index (χ4n) is 4.26. The van der Waals surface area contributed by atoms with Gasteiger partial charge in [0.25, 0.3) is 5.56 Å². The van der Waals surface area contributed by atoms with E-state index in [1.165, 1.54) is 18.3 Å². The van der Waals surface area contributed by atoms with Crippen LogP contribution in [0.2, 0.25) is 0 Å². The summed E-state index contributed by atoms with van der Waals surface area (Å²) in [6, 6.07) is 7.44. The summed E-state index contributed by atoms with van der Waals surface area (Å²) in [5.74, 6) is -0.325. The number of pyridine rings is 2. The summed E-state index contributed by atoms with van der Waals surface area (Å²) in [7, 11) is 0. The second-order valence-electron chi connectivity index (χ2n) is 8.34. The molecule has 4 heterocycles. The number of morpholine rings is 1. The third kappa shape index (κ3) is 4.93. The topological polar surface area (TPSA) is 104 Å². The lowest BCUT2D eigenvalue weighted by molar-refractivity contribution is 0.000245. The number of H-pyrrole nitrogens is 2. The third-order valence-electron chi connectivity index (χ3n) is 5.94. The zero-order valence-corrected chi connectivity index (χ0v) is 19.1. The highest BCUT2D eigenvalue weighted by molar-refractivity contribution is 6.03. The number of aromatic amines is 2. The number of aromatic nitrogens is 3. The molecule has 4 aromatic rings. The van der Waals surface area contributed by atoms with Gasteiger partial charge in [0, 0.05) is 48.7 Å². The van der Waals surface area contributed by atoms with Crippen molar-refractivity contribution in [3.8, 4) is 17.0 Å². The highest BCUT2D eigenvalue weighted by atomic mass is 19.3. The van der Waals surface area contributed by atoms with E-state index in [1.54, 1.807) is 24.5 Å². The Morgan fingerprint density at radius 2 is 2.14 bits per heavy atom. The summed E-state index contributed by atoms with van der Waals surface area (Å²) in [5.41, 5.74) is 1.42. The number of hydrogen-bond donors (Lipinski definition) is 4. The smallest absolute Gasteiger partial charge is 0.259 e. The lowest BCUT2D eigenvalue weighted by atomic mass is 10.1. The molecule has 5 rings (SSSR count). The molecule has 4 N–H and O–H groups in total. The number of anilines is 2. The number of fused-ring (bicyclic) bond motifs is 1. The van der Waals surface area contributed by atoms with Gasteiger partial charge in [0.2, 0.25) is 6.43 Å². The Hall–Kier alpha value is -3.83. The Morgan fingerprint density at radius 3 is 2.94 bits per heavy atom. The average Bonchev–Trinajstić information content (AvgIpc) is 3.25. The van der Waals surface area contributed by atoms with E-state index in [-0.39, 0.29) is 29.3 Å². The zero-order valence-electron chi connectivity index (χ0n) is 19.1. The van der Waals surface area contributed by atoms with Gasteiger partial charge in [0.05, 0.1) is 35.1 Å². The number of rotatable bonds is 8. The van der Waals surface area contributed by atoms with Crippen LogP contribution < -0.4 is 20.9 Å². The molecule has 1 atom stereocenters. The van der Waals surface area contributed by atoms with Gasteiger partial charge in [-0.1, -0.05) is 6.07 Å². The predicted molar refractivity (Wildman–Crippen MR) is 130 cm³/mol. The molecule has 11 heteroatoms. The Labute approximate surface area is 203 Å². The van der Waals surface area contributed by atoms with E-state index in [0.717, 1.165) is 12.6 Å². The molecule has 0 saturated carbocycles. The van der Waals surface area contributed by atoms with Crippen molar-refractivity contribution >= 4 is 22.3 Å². The normalized spacial score (nSPS) is 15.9. The van der Waals surface area contributed by atoms with Crippen LogP contribution in [-0.2, 0) is 11.2 Å². The average molecular weight is 499 g/mol. The number of nitrogens with zero attached hydrogens (tertiary/aromatic N) is 1. The molecule has 0 aliphatic carbocycles. The van der Waals surface area contributed by atoms with Crippen LogP contribution in [0.5, 0.6) is 5.75 Å². The van der Waals surface area contributed by atoms with Crippen molar-refractivity contribution in [2.75, 3.05) is 31.6 Å². The molecule has 1 aromatic carbocycles. The molecular formula is C25H24F3N5O3. The van der Waals surface area contributed by atoms with Crippen molar-refractivity contribution in [2.45, 2.75) is 19.0 Å². The second-order valence-corrected chi connectivity index (χ2v) is 8.34. The fourth-order valence-corrected chi connectivity index (χ4v) is 4.26. The van der Waals surface area contributed by atoms with Crippen LogP contribution in [0.4, 0.5) is 24.5 Å². The molecule has 0 bridgehead atoms. The maximum absolute atomic E-state index is 14.5. The van der Waals surface area contributed by atoms with Gasteiger partial charge < -0.3 is 30.1 Å². The largest absolute Gasteiger partial charge is 0.488 e. The minimum Gasteiger partial charge on any atom is -0.488 e. The molecule has 1 aliphatic heterocycles. The number of ether oxygens (including phenoxy) is 2. The third-order valence-corrected chi connectivity index (χ3v) is 5.94. The quantitative estimate of drug-likeness (QED) is 0.293. The van der Waals surface area contributed by atoms with Gasteiger partial charge in [-0.3, -0.25) is 9.78 Å². The van der Waals surface area contributed by atoms with E-state index < -0.39 is 24.2 Å². The molecule has 36 heavy (non-hydrogen) atoms. The molecule has 0 unspecified atom stereocenters. The van der Waals surface area contributed by atoms with Crippen molar-refractivity contribution in [3.05, 3.63) is 70.7 Å². The molecule has 1 saturated heterocycles. The van der Waals surface area contributed by atoms with Crippen LogP contribution in [0.25, 0.3) is 22.2 Å². The van der Waals surface area contributed by atoms with E-state index in [0.29, 0.717) is 41.4 Å². The molecule has 188 valence electrons. The van der Waals surface area contributed by atoms with Gasteiger partial charge >= 0.3 is 0 Å². The maximum Gasteiger partial charge on any atom is 0.259 e. The molecule has 8 nitrogen and oxygen atoms in total. The van der Waals surface area contributed by atoms with Crippen molar-refractivity contribution < 1.29 is 22.6 Å². The van der Waals surface area contributed by atoms with Crippen molar-refractivity contribution in [1.29, 1.82) is 0 Å². The van der Waals surface area contributed by atoms with E-state index in [4.69, 9.17) is 9.47 Å². The van der Waals surface area contributed by atoms with Crippen molar-refractivity contribution in [3.63, 3.8) is 0 Å². The molecule has 0 radical (unpaired) electrons. The molecule has 1 fully saturated rings. The van der Waals surface area contributed by atoms with Crippen LogP contribution in [0, 0.1) is 5.82 Å². The Bertz CT molecular complexity index is 1420. The molecule has 3 aromatic heterocycles. The molecule has 0 spiro atoms. The van der Waals surface area contributed by atoms with Gasteiger partial charge in [-0.2, -0.15) is 0 Å². The Kier molecular flexibility index (Phi) is 6.92. The summed E-state index contributed by atoms with van der Waals surface area (Å²) in [4.78, 5) is 22.8. The number of halogens is 3. The first kappa shape index (κ1) is 23.9. The van der Waals surface area contributed by atoms with E-state index in [2.05, 4.69) is 25.6 Å². The molecule has 0 amide bonds. The van der Waals surface area contributed by atoms with E-state index >= 15 is 0 Å². The molecule has 1 aliphatic rings. The number of hydrogen-bond acceptors (Lipinski definition) is 6. The van der Waals surface area contributed by atoms with Crippen LogP contribution in [0.15, 0.2) is 53.7 Å². The van der Waals surface area contributed by atoms with Crippen LogP contribution >= 0.6 is 0 Å². The number of nitrogens with one attached hydrogen (secondary N) is 4. The first-order chi connectivity index (χ1) is 17.5. The van der Waals surface area contributed by atoms with E-state index in [1.807, 2.05) is 0 Å². The first-order valence-corrected chi connectivity index (χ1v) is 11.5. The minimum absolute atomic E-state index is 0.138. The summed E-state index contributed by atoms with van der Waals surface area (Å²) in [6.07, 6.45) is 0.961. The fraction of sp³-hybridized carbons (Fsp3) is 0.280. The minimum atomic E-state index is -2.75. The second kappa shape index (κ2) is 10.4. The SMILES string of the molecule is O=c1[nH]ccc2[nH]c(-c3ccncc3OC[C@@H]3CNCCO3)c(Nc3cccc(F)c3CC(F)F)c12. The Morgan fingerprint density at radius 1 is 1.25 bits per heavy atom. The zero-order chi connectivity index (χ0) is 25.1. The lowest BCUT2D eigenvalue weighted by Gasteiger charge is -2.24. The van der Waals surface area contributed by atoms with Crippen LogP contribution in [-0.4, -0.2) is 53.8 Å². The Balaban J connectivity index is 1.59. The van der Waals surface area contributed by atoms with Gasteiger partial charge in [-0.05, 0) is 24.3 Å². The van der Waals surface area contributed by atoms with Gasteiger partial charge in [-0.25, -0.2) is 13.2 Å². The highest BCUT2D eigenvalue weighted by Gasteiger charge is 2.22. The highest BCUT2D eigenvalue weighted by Crippen LogP contribution is 2.40. The number of benzene rings is 1. The van der Waals surface area contributed by atoms with Crippen LogP contribution in [0.3, 0.4) is 0 Å². The lowest BCUT2D eigenvalue weighted by Crippen LogP contribution is -2.41. The van der Waals surface area contributed by atoms with Crippen molar-refractivity contribution in [1.82, 2.24) is 20.3 Å². The van der Waals surface area contributed by atoms with E-state index in [9.17, 15) is 18.0 Å². The van der Waals surface area contributed by atoms with Gasteiger partial charge in [0.1, 0.15) is 24.3 Å². The standard InChI is InChI=1S/C25H24F3N5O3/c26-17-2-1-3-18(16(17)10-21(27)28)32-24-22-19(5-7-31-25(22)34)33-23(24)15-4-6-29-12-20(15)36-13-14-11-30-8-9-35-14/h1-7,12,14,21,30,32-33H,8-11,13H2,(H,31,34)/t14-/m0/s1. The maximum atomic E-state index is 14.5.